The van der Waals surface area contributed by atoms with Crippen LogP contribution < -0.4 is 25.3 Å². The Hall–Kier alpha value is -3.22. The molecule has 0 saturated heterocycles. The summed E-state index contributed by atoms with van der Waals surface area (Å²) in [5, 5.41) is 4.08. The zero-order chi connectivity index (χ0) is 19.5. The second-order valence-electron chi connectivity index (χ2n) is 6.85. The molecule has 0 amide bonds. The first-order chi connectivity index (χ1) is 13.7. The largest absolute Gasteiger partial charge is 0.493 e. The third-order valence-corrected chi connectivity index (χ3v) is 5.04. The number of nitrogen functional groups attached to an aromatic ring is 1. The molecule has 1 aliphatic heterocycles. The van der Waals surface area contributed by atoms with Crippen LogP contribution in [0.2, 0.25) is 0 Å². The van der Waals surface area contributed by atoms with Gasteiger partial charge in [-0.2, -0.15) is 4.98 Å². The molecular weight excluding hydrogens is 356 g/mol. The zero-order valence-corrected chi connectivity index (χ0v) is 16.1. The maximum atomic E-state index is 6.16. The van der Waals surface area contributed by atoms with E-state index in [1.54, 1.807) is 20.3 Å². The Morgan fingerprint density at radius 3 is 2.75 bits per heavy atom. The van der Waals surface area contributed by atoms with Gasteiger partial charge in [-0.1, -0.05) is 18.2 Å². The van der Waals surface area contributed by atoms with E-state index in [1.807, 2.05) is 24.3 Å². The Morgan fingerprint density at radius 2 is 1.93 bits per heavy atom. The number of ether oxygens (including phenoxy) is 3. The number of nitrogens with zero attached hydrogens (tertiary/aromatic N) is 2. The van der Waals surface area contributed by atoms with Crippen molar-refractivity contribution in [2.75, 3.05) is 38.4 Å². The molecule has 0 fully saturated rings. The SMILES string of the molecule is COc1cc2nc(NC[C@H]3CCOc4ccccc4C3)nc(N)c2cc1OC. The van der Waals surface area contributed by atoms with Crippen LogP contribution in [0, 0.1) is 5.92 Å². The van der Waals surface area contributed by atoms with E-state index < -0.39 is 0 Å². The number of fused-ring (bicyclic) bond motifs is 2. The molecule has 3 aromatic rings. The number of rotatable bonds is 5. The summed E-state index contributed by atoms with van der Waals surface area (Å²) in [4.78, 5) is 9.02. The highest BCUT2D eigenvalue weighted by atomic mass is 16.5. The van der Waals surface area contributed by atoms with Crippen molar-refractivity contribution in [2.24, 2.45) is 5.92 Å². The molecular formula is C21H24N4O3. The first kappa shape index (κ1) is 18.2. The van der Waals surface area contributed by atoms with Crippen LogP contribution in [0.25, 0.3) is 10.9 Å². The summed E-state index contributed by atoms with van der Waals surface area (Å²) in [6.07, 6.45) is 1.92. The molecule has 3 N–H and O–H groups in total. The van der Waals surface area contributed by atoms with E-state index in [2.05, 4.69) is 21.4 Å². The summed E-state index contributed by atoms with van der Waals surface area (Å²) >= 11 is 0. The van der Waals surface area contributed by atoms with Gasteiger partial charge in [0.2, 0.25) is 5.95 Å². The monoisotopic (exact) mass is 380 g/mol. The normalized spacial score (nSPS) is 16.0. The van der Waals surface area contributed by atoms with E-state index in [1.165, 1.54) is 5.56 Å². The summed E-state index contributed by atoms with van der Waals surface area (Å²) in [7, 11) is 3.19. The molecule has 1 aromatic heterocycles. The minimum atomic E-state index is 0.406. The average Bonchev–Trinajstić information content (AvgIpc) is 2.93. The van der Waals surface area contributed by atoms with Crippen molar-refractivity contribution in [1.82, 2.24) is 9.97 Å². The van der Waals surface area contributed by atoms with Crippen LogP contribution in [-0.2, 0) is 6.42 Å². The number of aromatic nitrogens is 2. The molecule has 2 heterocycles. The lowest BCUT2D eigenvalue weighted by atomic mass is 9.97. The lowest BCUT2D eigenvalue weighted by molar-refractivity contribution is 0.298. The van der Waals surface area contributed by atoms with Crippen LogP contribution in [-0.4, -0.2) is 37.3 Å². The molecule has 2 aromatic carbocycles. The highest BCUT2D eigenvalue weighted by molar-refractivity contribution is 5.91. The van der Waals surface area contributed by atoms with Gasteiger partial charge in [-0.15, -0.1) is 0 Å². The Balaban J connectivity index is 1.53. The number of para-hydroxylation sites is 1. The van der Waals surface area contributed by atoms with Gasteiger partial charge < -0.3 is 25.3 Å². The number of anilines is 2. The van der Waals surface area contributed by atoms with E-state index >= 15 is 0 Å². The van der Waals surface area contributed by atoms with Gasteiger partial charge in [-0.25, -0.2) is 4.98 Å². The van der Waals surface area contributed by atoms with Gasteiger partial charge in [0.05, 0.1) is 26.3 Å². The molecule has 1 atom stereocenters. The molecule has 0 bridgehead atoms. The highest BCUT2D eigenvalue weighted by Crippen LogP contribution is 2.34. The van der Waals surface area contributed by atoms with E-state index in [0.29, 0.717) is 41.3 Å². The van der Waals surface area contributed by atoms with Crippen LogP contribution in [0.4, 0.5) is 11.8 Å². The lowest BCUT2D eigenvalue weighted by Crippen LogP contribution is -2.19. The summed E-state index contributed by atoms with van der Waals surface area (Å²) in [6.45, 7) is 1.46. The topological polar surface area (TPSA) is 91.5 Å². The molecule has 0 spiro atoms. The van der Waals surface area contributed by atoms with Crippen LogP contribution >= 0.6 is 0 Å². The molecule has 28 heavy (non-hydrogen) atoms. The van der Waals surface area contributed by atoms with Crippen molar-refractivity contribution < 1.29 is 14.2 Å². The molecule has 4 rings (SSSR count). The van der Waals surface area contributed by atoms with E-state index in [4.69, 9.17) is 19.9 Å². The quantitative estimate of drug-likeness (QED) is 0.702. The number of nitrogens with two attached hydrogens (primary N) is 1. The molecule has 0 saturated carbocycles. The Kier molecular flexibility index (Phi) is 5.06. The van der Waals surface area contributed by atoms with Gasteiger partial charge in [-0.05, 0) is 36.5 Å². The Labute approximate surface area is 163 Å². The van der Waals surface area contributed by atoms with Crippen LogP contribution in [0.5, 0.6) is 17.2 Å². The van der Waals surface area contributed by atoms with Crippen LogP contribution in [0.15, 0.2) is 36.4 Å². The van der Waals surface area contributed by atoms with Crippen molar-refractivity contribution >= 4 is 22.7 Å². The Bertz CT molecular complexity index is 993. The standard InChI is InChI=1S/C21H24N4O3/c1-26-18-10-15-16(11-19(18)27-2)24-21(25-20(15)22)23-12-13-7-8-28-17-6-4-3-5-14(17)9-13/h3-6,10-11,13H,7-9,12H2,1-2H3,(H3,22,23,24,25)/t13-/m0/s1. The zero-order valence-electron chi connectivity index (χ0n) is 16.1. The first-order valence-corrected chi connectivity index (χ1v) is 9.31. The summed E-state index contributed by atoms with van der Waals surface area (Å²) in [5.74, 6) is 3.53. The van der Waals surface area contributed by atoms with Gasteiger partial charge in [-0.3, -0.25) is 0 Å². The molecule has 1 aliphatic rings. The molecule has 7 heteroatoms. The first-order valence-electron chi connectivity index (χ1n) is 9.31. The van der Waals surface area contributed by atoms with Crippen molar-refractivity contribution in [1.29, 1.82) is 0 Å². The third kappa shape index (κ3) is 3.60. The minimum Gasteiger partial charge on any atom is -0.493 e. The van der Waals surface area contributed by atoms with Gasteiger partial charge in [0.25, 0.3) is 0 Å². The number of hydrogen-bond donors (Lipinski definition) is 2. The average molecular weight is 380 g/mol. The van der Waals surface area contributed by atoms with E-state index in [9.17, 15) is 0 Å². The lowest BCUT2D eigenvalue weighted by Gasteiger charge is -2.15. The molecule has 0 radical (unpaired) electrons. The Morgan fingerprint density at radius 1 is 1.14 bits per heavy atom. The second-order valence-corrected chi connectivity index (χ2v) is 6.85. The van der Waals surface area contributed by atoms with E-state index in [-0.39, 0.29) is 0 Å². The minimum absolute atomic E-state index is 0.406. The number of methoxy groups -OCH3 is 2. The predicted molar refractivity (Wildman–Crippen MR) is 109 cm³/mol. The van der Waals surface area contributed by atoms with Gasteiger partial charge in [0.15, 0.2) is 11.5 Å². The number of benzene rings is 2. The maximum absolute atomic E-state index is 6.16. The van der Waals surface area contributed by atoms with Crippen LogP contribution in [0.3, 0.4) is 0 Å². The van der Waals surface area contributed by atoms with E-state index in [0.717, 1.165) is 30.5 Å². The third-order valence-electron chi connectivity index (χ3n) is 5.04. The van der Waals surface area contributed by atoms with Crippen molar-refractivity contribution in [3.8, 4) is 17.2 Å². The maximum Gasteiger partial charge on any atom is 0.225 e. The fourth-order valence-electron chi connectivity index (χ4n) is 3.53. The molecule has 0 unspecified atom stereocenters. The number of nitrogens with one attached hydrogen (secondary N) is 1. The van der Waals surface area contributed by atoms with Gasteiger partial charge >= 0.3 is 0 Å². The smallest absolute Gasteiger partial charge is 0.225 e. The van der Waals surface area contributed by atoms with Gasteiger partial charge in [0.1, 0.15) is 11.6 Å². The summed E-state index contributed by atoms with van der Waals surface area (Å²) in [6, 6.07) is 11.8. The fraction of sp³-hybridized carbons (Fsp3) is 0.333. The second kappa shape index (κ2) is 7.80. The molecule has 7 nitrogen and oxygen atoms in total. The van der Waals surface area contributed by atoms with Crippen LogP contribution in [0.1, 0.15) is 12.0 Å². The predicted octanol–water partition coefficient (Wildman–Crippen LogP) is 3.28. The van der Waals surface area contributed by atoms with Crippen molar-refractivity contribution in [2.45, 2.75) is 12.8 Å². The summed E-state index contributed by atoms with van der Waals surface area (Å²) < 4.78 is 16.5. The fourth-order valence-corrected chi connectivity index (χ4v) is 3.53. The van der Waals surface area contributed by atoms with Crippen molar-refractivity contribution in [3.63, 3.8) is 0 Å². The van der Waals surface area contributed by atoms with Gasteiger partial charge in [0, 0.05) is 18.0 Å². The number of hydrogen-bond acceptors (Lipinski definition) is 7. The molecule has 0 aliphatic carbocycles. The molecule has 146 valence electrons. The van der Waals surface area contributed by atoms with Crippen molar-refractivity contribution in [3.05, 3.63) is 42.0 Å². The summed E-state index contributed by atoms with van der Waals surface area (Å²) in [5.41, 5.74) is 8.11. The highest BCUT2D eigenvalue weighted by Gasteiger charge is 2.18.